The molecule has 0 saturated carbocycles. The molecule has 2 aromatic heterocycles. The van der Waals surface area contributed by atoms with Crippen molar-refractivity contribution in [3.05, 3.63) is 6.33 Å². The number of nitrogen functional groups attached to an aromatic ring is 1. The Bertz CT molecular complexity index is 578. The molecule has 1 atom stereocenters. The summed E-state index contributed by atoms with van der Waals surface area (Å²) in [5.41, 5.74) is 7.24. The van der Waals surface area contributed by atoms with E-state index in [2.05, 4.69) is 43.8 Å². The number of nitrogens with zero attached hydrogens (tertiary/aromatic N) is 5. The number of nitrogens with one attached hydrogen (secondary N) is 1. The van der Waals surface area contributed by atoms with Crippen molar-refractivity contribution in [3.63, 3.8) is 0 Å². The Morgan fingerprint density at radius 1 is 1.47 bits per heavy atom. The number of nitrogens with two attached hydrogens (primary N) is 1. The van der Waals surface area contributed by atoms with Gasteiger partial charge in [-0.25, -0.2) is 4.98 Å². The van der Waals surface area contributed by atoms with Gasteiger partial charge >= 0.3 is 0 Å². The van der Waals surface area contributed by atoms with E-state index in [0.29, 0.717) is 11.7 Å². The lowest BCUT2D eigenvalue weighted by molar-refractivity contribution is 0.247. The van der Waals surface area contributed by atoms with Crippen LogP contribution in [-0.4, -0.2) is 58.1 Å². The van der Waals surface area contributed by atoms with Crippen LogP contribution in [0.3, 0.4) is 0 Å². The van der Waals surface area contributed by atoms with Crippen LogP contribution >= 0.6 is 0 Å². The maximum Gasteiger partial charge on any atom is 0.224 e. The van der Waals surface area contributed by atoms with E-state index < -0.39 is 0 Å². The monoisotopic (exact) mass is 261 g/mol. The van der Waals surface area contributed by atoms with Crippen LogP contribution in [0, 0.1) is 0 Å². The molecule has 0 bridgehead atoms. The lowest BCUT2D eigenvalue weighted by Gasteiger charge is -2.36. The predicted octanol–water partition coefficient (Wildman–Crippen LogP) is 0.465. The van der Waals surface area contributed by atoms with Crippen LogP contribution in [-0.2, 0) is 0 Å². The number of rotatable bonds is 2. The van der Waals surface area contributed by atoms with Crippen molar-refractivity contribution < 1.29 is 0 Å². The third kappa shape index (κ3) is 2.21. The van der Waals surface area contributed by atoms with Crippen molar-refractivity contribution in [1.29, 1.82) is 0 Å². The molecule has 7 nitrogen and oxygen atoms in total. The molecule has 3 heterocycles. The molecule has 0 spiro atoms. The zero-order valence-electron chi connectivity index (χ0n) is 11.3. The summed E-state index contributed by atoms with van der Waals surface area (Å²) < 4.78 is 0. The largest absolute Gasteiger partial charge is 0.368 e. The van der Waals surface area contributed by atoms with E-state index in [0.717, 1.165) is 24.4 Å². The van der Waals surface area contributed by atoms with Gasteiger partial charge in [-0.1, -0.05) is 0 Å². The van der Waals surface area contributed by atoms with Gasteiger partial charge in [-0.3, -0.25) is 0 Å². The zero-order chi connectivity index (χ0) is 13.4. The molecule has 19 heavy (non-hydrogen) atoms. The van der Waals surface area contributed by atoms with E-state index in [4.69, 9.17) is 5.73 Å². The minimum absolute atomic E-state index is 0.269. The lowest BCUT2D eigenvalue weighted by atomic mass is 10.1. The zero-order valence-corrected chi connectivity index (χ0v) is 11.3. The topological polar surface area (TPSA) is 87.0 Å². The summed E-state index contributed by atoms with van der Waals surface area (Å²) in [5.74, 6) is 1.10. The number of hydrogen-bond donors (Lipinski definition) is 2. The number of piperidine rings is 1. The van der Waals surface area contributed by atoms with Gasteiger partial charge in [-0.15, -0.1) is 0 Å². The molecule has 1 aliphatic heterocycles. The number of aromatic amines is 1. The molecule has 1 unspecified atom stereocenters. The fourth-order valence-corrected chi connectivity index (χ4v) is 2.72. The molecule has 0 aromatic carbocycles. The van der Waals surface area contributed by atoms with E-state index in [1.165, 1.54) is 12.8 Å². The molecular weight excluding hydrogens is 242 g/mol. The normalized spacial score (nSPS) is 20.8. The SMILES string of the molecule is CN1CCCC(N(C)c2nc(N)nc3nc[nH]c23)C1. The maximum absolute atomic E-state index is 5.77. The van der Waals surface area contributed by atoms with Gasteiger partial charge in [-0.05, 0) is 26.4 Å². The average Bonchev–Trinajstić information content (AvgIpc) is 2.85. The number of fused-ring (bicyclic) bond motifs is 1. The quantitative estimate of drug-likeness (QED) is 0.817. The van der Waals surface area contributed by atoms with Gasteiger partial charge in [0.05, 0.1) is 6.33 Å². The number of likely N-dealkylation sites (N-methyl/N-ethyl adjacent to an activating group) is 2. The highest BCUT2D eigenvalue weighted by Gasteiger charge is 2.24. The summed E-state index contributed by atoms with van der Waals surface area (Å²) in [4.78, 5) is 20.3. The summed E-state index contributed by atoms with van der Waals surface area (Å²) >= 11 is 0. The van der Waals surface area contributed by atoms with Gasteiger partial charge < -0.3 is 20.5 Å². The molecule has 2 aromatic rings. The van der Waals surface area contributed by atoms with Crippen LogP contribution < -0.4 is 10.6 Å². The first-order valence-electron chi connectivity index (χ1n) is 6.53. The van der Waals surface area contributed by atoms with E-state index in [-0.39, 0.29) is 5.95 Å². The first kappa shape index (κ1) is 12.2. The fourth-order valence-electron chi connectivity index (χ4n) is 2.72. The van der Waals surface area contributed by atoms with Crippen molar-refractivity contribution >= 4 is 22.9 Å². The van der Waals surface area contributed by atoms with Crippen LogP contribution in [0.1, 0.15) is 12.8 Å². The number of hydrogen-bond acceptors (Lipinski definition) is 6. The average molecular weight is 261 g/mol. The molecular formula is C12H19N7. The molecule has 102 valence electrons. The van der Waals surface area contributed by atoms with Crippen LogP contribution in [0.2, 0.25) is 0 Å². The Hall–Kier alpha value is -1.89. The van der Waals surface area contributed by atoms with Crippen LogP contribution in [0.5, 0.6) is 0 Å². The van der Waals surface area contributed by atoms with Gasteiger partial charge in [0.15, 0.2) is 11.5 Å². The van der Waals surface area contributed by atoms with Gasteiger partial charge in [0.2, 0.25) is 5.95 Å². The minimum atomic E-state index is 0.269. The summed E-state index contributed by atoms with van der Waals surface area (Å²) in [6.07, 6.45) is 4.00. The summed E-state index contributed by atoms with van der Waals surface area (Å²) in [5, 5.41) is 0. The second-order valence-corrected chi connectivity index (χ2v) is 5.18. The number of imidazole rings is 1. The highest BCUT2D eigenvalue weighted by atomic mass is 15.3. The second-order valence-electron chi connectivity index (χ2n) is 5.18. The number of likely N-dealkylation sites (tertiary alicyclic amines) is 1. The van der Waals surface area contributed by atoms with Crippen LogP contribution in [0.15, 0.2) is 6.33 Å². The molecule has 1 saturated heterocycles. The highest BCUT2D eigenvalue weighted by Crippen LogP contribution is 2.25. The third-order valence-corrected chi connectivity index (χ3v) is 3.77. The maximum atomic E-state index is 5.77. The first-order chi connectivity index (χ1) is 9.15. The van der Waals surface area contributed by atoms with Gasteiger partial charge in [-0.2, -0.15) is 9.97 Å². The van der Waals surface area contributed by atoms with Crippen molar-refractivity contribution in [2.75, 3.05) is 37.8 Å². The Morgan fingerprint density at radius 2 is 2.32 bits per heavy atom. The standard InChI is InChI=1S/C12H19N7/c1-18-5-3-4-8(6-18)19(2)11-9-10(15-7-14-9)16-12(13)17-11/h7-8H,3-6H2,1-2H3,(H3,13,14,15,16,17). The molecule has 0 amide bonds. The van der Waals surface area contributed by atoms with Crippen LogP contribution in [0.25, 0.3) is 11.2 Å². The van der Waals surface area contributed by atoms with Gasteiger partial charge in [0.1, 0.15) is 5.52 Å². The molecule has 3 N–H and O–H groups in total. The Labute approximate surface area is 111 Å². The van der Waals surface area contributed by atoms with E-state index in [1.807, 2.05) is 0 Å². The smallest absolute Gasteiger partial charge is 0.224 e. The highest BCUT2D eigenvalue weighted by molar-refractivity contribution is 5.84. The molecule has 0 radical (unpaired) electrons. The minimum Gasteiger partial charge on any atom is -0.368 e. The first-order valence-corrected chi connectivity index (χ1v) is 6.53. The number of H-pyrrole nitrogens is 1. The predicted molar refractivity (Wildman–Crippen MR) is 75.0 cm³/mol. The Kier molecular flexibility index (Phi) is 2.98. The Balaban J connectivity index is 1.96. The van der Waals surface area contributed by atoms with E-state index in [1.54, 1.807) is 6.33 Å². The molecule has 1 aliphatic rings. The Morgan fingerprint density at radius 3 is 3.11 bits per heavy atom. The van der Waals surface area contributed by atoms with Crippen LogP contribution in [0.4, 0.5) is 11.8 Å². The van der Waals surface area contributed by atoms with Crippen molar-refractivity contribution in [2.45, 2.75) is 18.9 Å². The fraction of sp³-hybridized carbons (Fsp3) is 0.583. The van der Waals surface area contributed by atoms with Gasteiger partial charge in [0.25, 0.3) is 0 Å². The van der Waals surface area contributed by atoms with E-state index in [9.17, 15) is 0 Å². The third-order valence-electron chi connectivity index (χ3n) is 3.77. The van der Waals surface area contributed by atoms with Crippen molar-refractivity contribution in [3.8, 4) is 0 Å². The summed E-state index contributed by atoms with van der Waals surface area (Å²) in [7, 11) is 4.21. The summed E-state index contributed by atoms with van der Waals surface area (Å²) in [6.45, 7) is 2.20. The number of anilines is 2. The lowest BCUT2D eigenvalue weighted by Crippen LogP contribution is -2.45. The molecule has 3 rings (SSSR count). The summed E-state index contributed by atoms with van der Waals surface area (Å²) in [6, 6.07) is 0.444. The van der Waals surface area contributed by atoms with E-state index >= 15 is 0 Å². The molecule has 1 fully saturated rings. The number of aromatic nitrogens is 4. The molecule has 0 aliphatic carbocycles. The van der Waals surface area contributed by atoms with Gasteiger partial charge in [0, 0.05) is 19.6 Å². The van der Waals surface area contributed by atoms with Crippen molar-refractivity contribution in [1.82, 2.24) is 24.8 Å². The van der Waals surface area contributed by atoms with Crippen molar-refractivity contribution in [2.24, 2.45) is 0 Å². The second kappa shape index (κ2) is 4.65. The molecule has 7 heteroatoms.